The van der Waals surface area contributed by atoms with Crippen LogP contribution in [0.2, 0.25) is 0 Å². The van der Waals surface area contributed by atoms with Crippen LogP contribution in [0, 0.1) is 5.92 Å². The van der Waals surface area contributed by atoms with E-state index in [0.717, 1.165) is 50.8 Å². The highest BCUT2D eigenvalue weighted by Gasteiger charge is 2.23. The van der Waals surface area contributed by atoms with Crippen molar-refractivity contribution in [3.05, 3.63) is 29.8 Å². The molecule has 1 aliphatic heterocycles. The van der Waals surface area contributed by atoms with E-state index in [0.29, 0.717) is 12.5 Å². The fourth-order valence-electron chi connectivity index (χ4n) is 3.13. The monoisotopic (exact) mass is 503 g/mol. The number of nitrogens with one attached hydrogen (secondary N) is 1. The quantitative estimate of drug-likeness (QED) is 0.335. The minimum absolute atomic E-state index is 0. The summed E-state index contributed by atoms with van der Waals surface area (Å²) >= 11 is 0. The lowest BCUT2D eigenvalue weighted by molar-refractivity contribution is 0.108. The van der Waals surface area contributed by atoms with Gasteiger partial charge in [-0.25, -0.2) is 0 Å². The zero-order valence-corrected chi connectivity index (χ0v) is 20.4. The molecule has 0 aliphatic carbocycles. The van der Waals surface area contributed by atoms with Crippen LogP contribution in [0.5, 0.6) is 5.75 Å². The number of piperidine rings is 1. The fourth-order valence-corrected chi connectivity index (χ4v) is 3.13. The second kappa shape index (κ2) is 11.9. The van der Waals surface area contributed by atoms with Gasteiger partial charge in [0.15, 0.2) is 5.96 Å². The summed E-state index contributed by atoms with van der Waals surface area (Å²) in [7, 11) is 0. The van der Waals surface area contributed by atoms with Gasteiger partial charge in [-0.05, 0) is 43.4 Å². The van der Waals surface area contributed by atoms with E-state index < -0.39 is 0 Å². The first kappa shape index (κ1) is 25.0. The first-order valence-electron chi connectivity index (χ1n) is 10.3. The Hall–Kier alpha value is -1.02. The Kier molecular flexibility index (Phi) is 10.6. The summed E-state index contributed by atoms with van der Waals surface area (Å²) < 4.78 is 5.79. The van der Waals surface area contributed by atoms with Crippen LogP contribution in [-0.4, -0.2) is 54.9 Å². The van der Waals surface area contributed by atoms with Crippen LogP contribution in [0.4, 0.5) is 0 Å². The lowest BCUT2D eigenvalue weighted by Gasteiger charge is -2.33. The maximum atomic E-state index is 9.74. The number of rotatable bonds is 7. The van der Waals surface area contributed by atoms with Crippen LogP contribution >= 0.6 is 24.0 Å². The molecule has 1 aromatic carbocycles. The Morgan fingerprint density at radius 2 is 1.86 bits per heavy atom. The largest absolute Gasteiger partial charge is 0.493 e. The molecule has 0 aromatic heterocycles. The van der Waals surface area contributed by atoms with Gasteiger partial charge in [0.05, 0.1) is 19.3 Å². The number of aliphatic hydroxyl groups is 1. The van der Waals surface area contributed by atoms with Gasteiger partial charge in [0, 0.05) is 25.0 Å². The zero-order valence-electron chi connectivity index (χ0n) is 18.1. The minimum Gasteiger partial charge on any atom is -0.493 e. The van der Waals surface area contributed by atoms with Gasteiger partial charge in [0.2, 0.25) is 0 Å². The number of ether oxygens (including phenoxy) is 1. The van der Waals surface area contributed by atoms with Gasteiger partial charge in [0.1, 0.15) is 5.75 Å². The van der Waals surface area contributed by atoms with E-state index in [9.17, 15) is 5.11 Å². The Morgan fingerprint density at radius 3 is 2.39 bits per heavy atom. The molecule has 1 fully saturated rings. The third kappa shape index (κ3) is 7.78. The van der Waals surface area contributed by atoms with E-state index in [1.54, 1.807) is 0 Å². The van der Waals surface area contributed by atoms with Crippen LogP contribution in [0.1, 0.15) is 53.0 Å². The maximum Gasteiger partial charge on any atom is 0.193 e. The summed E-state index contributed by atoms with van der Waals surface area (Å²) in [5, 5.41) is 13.1. The molecule has 2 N–H and O–H groups in total. The van der Waals surface area contributed by atoms with E-state index in [-0.39, 0.29) is 35.5 Å². The molecular formula is C22H38IN3O2. The summed E-state index contributed by atoms with van der Waals surface area (Å²) in [6.07, 6.45) is 1.45. The number of guanidine groups is 1. The molecule has 6 heteroatoms. The molecule has 28 heavy (non-hydrogen) atoms. The average molecular weight is 503 g/mol. The maximum absolute atomic E-state index is 9.74. The zero-order chi connectivity index (χ0) is 19.9. The number of aliphatic imine (C=N–C) groups is 1. The fraction of sp³-hybridized carbons (Fsp3) is 0.682. The summed E-state index contributed by atoms with van der Waals surface area (Å²) in [5.41, 5.74) is 1.19. The summed E-state index contributed by atoms with van der Waals surface area (Å²) in [6, 6.07) is 8.41. The smallest absolute Gasteiger partial charge is 0.193 e. The molecule has 1 saturated heterocycles. The van der Waals surface area contributed by atoms with Crippen molar-refractivity contribution in [2.24, 2.45) is 10.9 Å². The predicted molar refractivity (Wildman–Crippen MR) is 128 cm³/mol. The molecule has 1 aromatic rings. The molecular weight excluding hydrogens is 465 g/mol. The van der Waals surface area contributed by atoms with Gasteiger partial charge in [-0.15, -0.1) is 24.0 Å². The van der Waals surface area contributed by atoms with Gasteiger partial charge in [-0.1, -0.05) is 39.8 Å². The van der Waals surface area contributed by atoms with E-state index in [1.807, 2.05) is 0 Å². The average Bonchev–Trinajstić information content (AvgIpc) is 2.64. The van der Waals surface area contributed by atoms with Crippen molar-refractivity contribution in [2.75, 3.05) is 32.8 Å². The molecule has 0 unspecified atom stereocenters. The van der Waals surface area contributed by atoms with Crippen LogP contribution in [-0.2, 0) is 5.41 Å². The van der Waals surface area contributed by atoms with Gasteiger partial charge in [0.25, 0.3) is 0 Å². The second-order valence-corrected chi connectivity index (χ2v) is 8.50. The standard InChI is InChI=1S/C22H37N3O2.HI/c1-6-23-21(25-13-11-19(26)12-14-25)24-16-22(4,5)18-7-9-20(10-8-18)27-15-17(2)3;/h7-10,17,19,26H,6,11-16H2,1-5H3,(H,23,24);1H. The highest BCUT2D eigenvalue weighted by molar-refractivity contribution is 14.0. The predicted octanol–water partition coefficient (Wildman–Crippen LogP) is 4.04. The molecule has 2 rings (SSSR count). The molecule has 0 radical (unpaired) electrons. The molecule has 160 valence electrons. The molecule has 0 atom stereocenters. The topological polar surface area (TPSA) is 57.1 Å². The third-order valence-corrected chi connectivity index (χ3v) is 4.94. The minimum atomic E-state index is -0.169. The van der Waals surface area contributed by atoms with Crippen LogP contribution < -0.4 is 10.1 Å². The highest BCUT2D eigenvalue weighted by atomic mass is 127. The number of halogens is 1. The summed E-state index contributed by atoms with van der Waals surface area (Å²) in [6.45, 7) is 14.9. The number of aliphatic hydroxyl groups excluding tert-OH is 1. The van der Waals surface area contributed by atoms with E-state index in [4.69, 9.17) is 9.73 Å². The van der Waals surface area contributed by atoms with E-state index in [2.05, 4.69) is 69.1 Å². The van der Waals surface area contributed by atoms with Crippen molar-refractivity contribution >= 4 is 29.9 Å². The number of hydrogen-bond donors (Lipinski definition) is 2. The van der Waals surface area contributed by atoms with Crippen molar-refractivity contribution in [2.45, 2.75) is 59.0 Å². The van der Waals surface area contributed by atoms with Crippen molar-refractivity contribution in [1.82, 2.24) is 10.2 Å². The van der Waals surface area contributed by atoms with Crippen molar-refractivity contribution in [3.63, 3.8) is 0 Å². The Balaban J connectivity index is 0.00000392. The van der Waals surface area contributed by atoms with Crippen molar-refractivity contribution in [1.29, 1.82) is 0 Å². The lowest BCUT2D eigenvalue weighted by atomic mass is 9.85. The summed E-state index contributed by atoms with van der Waals surface area (Å²) in [5.74, 6) is 2.40. The van der Waals surface area contributed by atoms with Crippen LogP contribution in [0.15, 0.2) is 29.3 Å². The first-order chi connectivity index (χ1) is 12.8. The lowest BCUT2D eigenvalue weighted by Crippen LogP contribution is -2.47. The molecule has 1 heterocycles. The third-order valence-electron chi connectivity index (χ3n) is 4.94. The van der Waals surface area contributed by atoms with Gasteiger partial charge in [-0.2, -0.15) is 0 Å². The Morgan fingerprint density at radius 1 is 1.25 bits per heavy atom. The van der Waals surface area contributed by atoms with E-state index >= 15 is 0 Å². The second-order valence-electron chi connectivity index (χ2n) is 8.50. The molecule has 0 spiro atoms. The molecule has 0 amide bonds. The SMILES string of the molecule is CCNC(=NCC(C)(C)c1ccc(OCC(C)C)cc1)N1CCC(O)CC1.I. The molecule has 0 bridgehead atoms. The Bertz CT molecular complexity index is 594. The normalized spacial score (nSPS) is 16.1. The van der Waals surface area contributed by atoms with Gasteiger partial charge in [-0.3, -0.25) is 4.99 Å². The number of benzene rings is 1. The van der Waals surface area contributed by atoms with E-state index in [1.165, 1.54) is 5.56 Å². The molecule has 5 nitrogen and oxygen atoms in total. The van der Waals surface area contributed by atoms with Gasteiger partial charge < -0.3 is 20.1 Å². The Labute approximate surface area is 188 Å². The van der Waals surface area contributed by atoms with Crippen LogP contribution in [0.3, 0.4) is 0 Å². The van der Waals surface area contributed by atoms with Gasteiger partial charge >= 0.3 is 0 Å². The number of hydrogen-bond acceptors (Lipinski definition) is 3. The molecule has 1 aliphatic rings. The molecule has 0 saturated carbocycles. The summed E-state index contributed by atoms with van der Waals surface area (Å²) in [4.78, 5) is 7.17. The van der Waals surface area contributed by atoms with Crippen LogP contribution in [0.25, 0.3) is 0 Å². The van der Waals surface area contributed by atoms with Crippen molar-refractivity contribution in [3.8, 4) is 5.75 Å². The number of nitrogens with zero attached hydrogens (tertiary/aromatic N) is 2. The van der Waals surface area contributed by atoms with Crippen molar-refractivity contribution < 1.29 is 9.84 Å². The highest BCUT2D eigenvalue weighted by Crippen LogP contribution is 2.26. The first-order valence-corrected chi connectivity index (χ1v) is 10.3. The number of likely N-dealkylation sites (tertiary alicyclic amines) is 1.